The fourth-order valence-electron chi connectivity index (χ4n) is 1.94. The van der Waals surface area contributed by atoms with Crippen molar-refractivity contribution in [3.63, 3.8) is 0 Å². The molecular formula is C16H21N3O2S. The summed E-state index contributed by atoms with van der Waals surface area (Å²) in [5.74, 6) is 0.459. The van der Waals surface area contributed by atoms with Gasteiger partial charge in [0.2, 0.25) is 10.0 Å². The van der Waals surface area contributed by atoms with Gasteiger partial charge in [0.15, 0.2) is 0 Å². The lowest BCUT2D eigenvalue weighted by Gasteiger charge is -2.10. The maximum atomic E-state index is 11.8. The molecule has 0 bridgehead atoms. The van der Waals surface area contributed by atoms with Gasteiger partial charge in [-0.05, 0) is 37.1 Å². The van der Waals surface area contributed by atoms with Crippen molar-refractivity contribution >= 4 is 27.2 Å². The number of sulfonamides is 1. The number of aryl methyl sites for hydroxylation is 1. The zero-order valence-corrected chi connectivity index (χ0v) is 13.7. The smallest absolute Gasteiger partial charge is 0.233 e. The third kappa shape index (κ3) is 4.73. The zero-order valence-electron chi connectivity index (χ0n) is 12.8. The molecular weight excluding hydrogens is 298 g/mol. The van der Waals surface area contributed by atoms with Crippen LogP contribution in [0.3, 0.4) is 0 Å². The van der Waals surface area contributed by atoms with E-state index in [0.29, 0.717) is 12.2 Å². The quantitative estimate of drug-likeness (QED) is 0.817. The highest BCUT2D eigenvalue weighted by Crippen LogP contribution is 2.20. The fourth-order valence-corrected chi connectivity index (χ4v) is 3.15. The molecule has 1 heterocycles. The maximum Gasteiger partial charge on any atom is 0.233 e. The second-order valence-corrected chi connectivity index (χ2v) is 6.99. The molecule has 1 aromatic heterocycles. The van der Waals surface area contributed by atoms with Gasteiger partial charge in [-0.2, -0.15) is 0 Å². The Balaban J connectivity index is 2.03. The number of unbranched alkanes of at least 4 members (excludes halogenated alkanes) is 1. The standard InChI is InChI=1S/C16H21N3O2S/c1-3-4-11-22(20,21)19-16-10-9-14(12-17-16)18-15-8-6-5-7-13(15)2/h5-10,12,18H,3-4,11H2,1-2H3,(H,17,19). The van der Waals surface area contributed by atoms with Gasteiger partial charge < -0.3 is 5.32 Å². The predicted octanol–water partition coefficient (Wildman–Crippen LogP) is 3.68. The van der Waals surface area contributed by atoms with Crippen LogP contribution in [0.15, 0.2) is 42.6 Å². The van der Waals surface area contributed by atoms with Crippen molar-refractivity contribution in [2.45, 2.75) is 26.7 Å². The highest BCUT2D eigenvalue weighted by atomic mass is 32.2. The van der Waals surface area contributed by atoms with Crippen molar-refractivity contribution in [2.75, 3.05) is 15.8 Å². The Morgan fingerprint density at radius 1 is 1.14 bits per heavy atom. The molecule has 0 saturated carbocycles. The highest BCUT2D eigenvalue weighted by molar-refractivity contribution is 7.92. The van der Waals surface area contributed by atoms with E-state index < -0.39 is 10.0 Å². The van der Waals surface area contributed by atoms with Gasteiger partial charge in [0, 0.05) is 5.69 Å². The van der Waals surface area contributed by atoms with Crippen molar-refractivity contribution in [1.29, 1.82) is 0 Å². The Hall–Kier alpha value is -2.08. The molecule has 5 nitrogen and oxygen atoms in total. The first-order valence-electron chi connectivity index (χ1n) is 7.29. The first kappa shape index (κ1) is 16.3. The average Bonchev–Trinajstić information content (AvgIpc) is 2.49. The molecule has 2 aromatic rings. The number of benzene rings is 1. The number of hydrogen-bond donors (Lipinski definition) is 2. The number of pyridine rings is 1. The molecule has 2 rings (SSSR count). The van der Waals surface area contributed by atoms with E-state index in [-0.39, 0.29) is 5.75 Å². The van der Waals surface area contributed by atoms with Gasteiger partial charge >= 0.3 is 0 Å². The Kier molecular flexibility index (Phi) is 5.38. The number of anilines is 3. The van der Waals surface area contributed by atoms with Crippen LogP contribution in [-0.2, 0) is 10.0 Å². The minimum Gasteiger partial charge on any atom is -0.354 e. The molecule has 0 aliphatic heterocycles. The van der Waals surface area contributed by atoms with Gasteiger partial charge in [-0.3, -0.25) is 4.72 Å². The summed E-state index contributed by atoms with van der Waals surface area (Å²) in [6.07, 6.45) is 3.10. The molecule has 6 heteroatoms. The predicted molar refractivity (Wildman–Crippen MR) is 91.0 cm³/mol. The van der Waals surface area contributed by atoms with Gasteiger partial charge in [0.1, 0.15) is 5.82 Å². The molecule has 2 N–H and O–H groups in total. The van der Waals surface area contributed by atoms with E-state index in [0.717, 1.165) is 23.4 Å². The lowest BCUT2D eigenvalue weighted by molar-refractivity contribution is 0.597. The number of nitrogens with zero attached hydrogens (tertiary/aromatic N) is 1. The Morgan fingerprint density at radius 2 is 1.91 bits per heavy atom. The molecule has 0 atom stereocenters. The third-order valence-electron chi connectivity index (χ3n) is 3.21. The molecule has 0 unspecified atom stereocenters. The number of hydrogen-bond acceptors (Lipinski definition) is 4. The Labute approximate surface area is 131 Å². The van der Waals surface area contributed by atoms with Crippen LogP contribution >= 0.6 is 0 Å². The average molecular weight is 319 g/mol. The van der Waals surface area contributed by atoms with E-state index in [2.05, 4.69) is 15.0 Å². The summed E-state index contributed by atoms with van der Waals surface area (Å²) in [6.45, 7) is 3.98. The van der Waals surface area contributed by atoms with Crippen molar-refractivity contribution in [3.8, 4) is 0 Å². The van der Waals surface area contributed by atoms with Crippen molar-refractivity contribution in [3.05, 3.63) is 48.2 Å². The molecule has 0 aliphatic rings. The second kappa shape index (κ2) is 7.26. The summed E-state index contributed by atoms with van der Waals surface area (Å²) >= 11 is 0. The van der Waals surface area contributed by atoms with Crippen LogP contribution in [0.25, 0.3) is 0 Å². The monoisotopic (exact) mass is 319 g/mol. The molecule has 0 amide bonds. The van der Waals surface area contributed by atoms with E-state index in [4.69, 9.17) is 0 Å². The molecule has 22 heavy (non-hydrogen) atoms. The maximum absolute atomic E-state index is 11.8. The number of para-hydroxylation sites is 1. The summed E-state index contributed by atoms with van der Waals surface area (Å²) in [5.41, 5.74) is 2.94. The normalized spacial score (nSPS) is 11.2. The van der Waals surface area contributed by atoms with Crippen LogP contribution in [0.4, 0.5) is 17.2 Å². The van der Waals surface area contributed by atoms with E-state index in [1.165, 1.54) is 0 Å². The van der Waals surface area contributed by atoms with Gasteiger partial charge in [0.05, 0.1) is 17.6 Å². The summed E-state index contributed by atoms with van der Waals surface area (Å²) in [4.78, 5) is 4.15. The highest BCUT2D eigenvalue weighted by Gasteiger charge is 2.10. The summed E-state index contributed by atoms with van der Waals surface area (Å²) in [5, 5.41) is 3.26. The molecule has 0 saturated heterocycles. The third-order valence-corrected chi connectivity index (χ3v) is 4.56. The molecule has 0 spiro atoms. The van der Waals surface area contributed by atoms with E-state index in [1.54, 1.807) is 18.3 Å². The molecule has 0 aliphatic carbocycles. The van der Waals surface area contributed by atoms with Crippen molar-refractivity contribution in [1.82, 2.24) is 4.98 Å². The van der Waals surface area contributed by atoms with Gasteiger partial charge in [0.25, 0.3) is 0 Å². The molecule has 0 fully saturated rings. The van der Waals surface area contributed by atoms with E-state index in [9.17, 15) is 8.42 Å². The number of rotatable bonds is 7. The molecule has 0 radical (unpaired) electrons. The molecule has 1 aromatic carbocycles. The summed E-state index contributed by atoms with van der Waals surface area (Å²) < 4.78 is 26.1. The lowest BCUT2D eigenvalue weighted by atomic mass is 10.2. The number of nitrogens with one attached hydrogen (secondary N) is 2. The van der Waals surface area contributed by atoms with Crippen molar-refractivity contribution in [2.24, 2.45) is 0 Å². The van der Waals surface area contributed by atoms with Crippen LogP contribution < -0.4 is 10.0 Å². The van der Waals surface area contributed by atoms with Crippen LogP contribution in [0.5, 0.6) is 0 Å². The van der Waals surface area contributed by atoms with Gasteiger partial charge in [-0.1, -0.05) is 31.5 Å². The topological polar surface area (TPSA) is 71.1 Å². The minimum atomic E-state index is -3.31. The SMILES string of the molecule is CCCCS(=O)(=O)Nc1ccc(Nc2ccccc2C)cn1. The summed E-state index contributed by atoms with van der Waals surface area (Å²) in [7, 11) is -3.31. The van der Waals surface area contributed by atoms with Crippen LogP contribution in [-0.4, -0.2) is 19.2 Å². The second-order valence-electron chi connectivity index (χ2n) is 5.15. The van der Waals surface area contributed by atoms with E-state index >= 15 is 0 Å². The Bertz CT molecular complexity index is 712. The van der Waals surface area contributed by atoms with Crippen LogP contribution in [0.1, 0.15) is 25.3 Å². The molecule has 118 valence electrons. The van der Waals surface area contributed by atoms with Gasteiger partial charge in [-0.25, -0.2) is 13.4 Å². The lowest BCUT2D eigenvalue weighted by Crippen LogP contribution is -2.17. The fraction of sp³-hybridized carbons (Fsp3) is 0.312. The van der Waals surface area contributed by atoms with Crippen LogP contribution in [0, 0.1) is 6.92 Å². The summed E-state index contributed by atoms with van der Waals surface area (Å²) in [6, 6.07) is 11.4. The van der Waals surface area contributed by atoms with E-state index in [1.807, 2.05) is 38.1 Å². The van der Waals surface area contributed by atoms with Crippen molar-refractivity contribution < 1.29 is 8.42 Å². The van der Waals surface area contributed by atoms with Gasteiger partial charge in [-0.15, -0.1) is 0 Å². The zero-order chi connectivity index (χ0) is 16.0. The first-order valence-corrected chi connectivity index (χ1v) is 8.94. The minimum absolute atomic E-state index is 0.119. The largest absolute Gasteiger partial charge is 0.354 e. The first-order chi connectivity index (χ1) is 10.5. The van der Waals surface area contributed by atoms with Crippen LogP contribution in [0.2, 0.25) is 0 Å². The number of aromatic nitrogens is 1. The Morgan fingerprint density at radius 3 is 2.55 bits per heavy atom.